The number of hydrogen-bond acceptors (Lipinski definition) is 8. The highest BCUT2D eigenvalue weighted by Gasteiger charge is 2.17. The van der Waals surface area contributed by atoms with Crippen molar-refractivity contribution >= 4 is 16.5 Å². The van der Waals surface area contributed by atoms with Crippen molar-refractivity contribution in [1.82, 2.24) is 20.1 Å². The fourth-order valence-corrected chi connectivity index (χ4v) is 4.35. The van der Waals surface area contributed by atoms with E-state index in [1.807, 2.05) is 24.4 Å². The molecule has 1 saturated heterocycles. The first-order valence-corrected chi connectivity index (χ1v) is 10.8. The van der Waals surface area contributed by atoms with E-state index in [1.165, 1.54) is 0 Å². The predicted octanol–water partition coefficient (Wildman–Crippen LogP) is 2.51. The Morgan fingerprint density at radius 1 is 1.10 bits per heavy atom. The highest BCUT2D eigenvalue weighted by molar-refractivity contribution is 7.17. The van der Waals surface area contributed by atoms with Gasteiger partial charge in [-0.2, -0.15) is 0 Å². The molecule has 0 unspecified atom stereocenters. The molecule has 1 aromatic carbocycles. The van der Waals surface area contributed by atoms with Gasteiger partial charge in [0, 0.05) is 37.6 Å². The lowest BCUT2D eigenvalue weighted by atomic mass is 10.1. The molecular weight excluding hydrogens is 402 g/mol. The van der Waals surface area contributed by atoms with Crippen LogP contribution < -0.4 is 19.7 Å². The van der Waals surface area contributed by atoms with Crippen LogP contribution >= 0.6 is 11.3 Å². The molecule has 3 heterocycles. The standard InChI is InChI=1S/C21H27N5O3S/c1-27-18-6-5-16(19(14-18)28-2)7-8-22-15-17-4-3-9-26(17)21-24-23-20(30-21)25-10-12-29-13-11-25/h3-6,9,14,22H,7-8,10-13,15H2,1-2H3. The van der Waals surface area contributed by atoms with E-state index < -0.39 is 0 Å². The molecule has 0 bridgehead atoms. The maximum Gasteiger partial charge on any atom is 0.218 e. The van der Waals surface area contributed by atoms with Crippen molar-refractivity contribution in [3.63, 3.8) is 0 Å². The Labute approximate surface area is 180 Å². The lowest BCUT2D eigenvalue weighted by molar-refractivity contribution is 0.122. The number of morpholine rings is 1. The second-order valence-electron chi connectivity index (χ2n) is 6.94. The van der Waals surface area contributed by atoms with E-state index in [0.29, 0.717) is 0 Å². The van der Waals surface area contributed by atoms with E-state index in [4.69, 9.17) is 14.2 Å². The summed E-state index contributed by atoms with van der Waals surface area (Å²) in [5.41, 5.74) is 2.31. The summed E-state index contributed by atoms with van der Waals surface area (Å²) in [5.74, 6) is 1.65. The van der Waals surface area contributed by atoms with Gasteiger partial charge >= 0.3 is 0 Å². The molecule has 2 aromatic heterocycles. The van der Waals surface area contributed by atoms with E-state index in [9.17, 15) is 0 Å². The van der Waals surface area contributed by atoms with Crippen molar-refractivity contribution < 1.29 is 14.2 Å². The monoisotopic (exact) mass is 429 g/mol. The number of hydrogen-bond donors (Lipinski definition) is 1. The first-order chi connectivity index (χ1) is 14.8. The summed E-state index contributed by atoms with van der Waals surface area (Å²) < 4.78 is 18.3. The Bertz CT molecular complexity index is 952. The van der Waals surface area contributed by atoms with Gasteiger partial charge in [0.2, 0.25) is 10.3 Å². The predicted molar refractivity (Wildman–Crippen MR) is 117 cm³/mol. The number of rotatable bonds is 9. The van der Waals surface area contributed by atoms with Crippen LogP contribution in [0.5, 0.6) is 11.5 Å². The zero-order chi connectivity index (χ0) is 20.8. The molecule has 0 aliphatic carbocycles. The summed E-state index contributed by atoms with van der Waals surface area (Å²) >= 11 is 1.61. The Hall–Kier alpha value is -2.62. The van der Waals surface area contributed by atoms with Crippen molar-refractivity contribution in [3.8, 4) is 16.6 Å². The van der Waals surface area contributed by atoms with Crippen LogP contribution in [0.1, 0.15) is 11.3 Å². The second kappa shape index (κ2) is 9.92. The first kappa shape index (κ1) is 20.6. The molecule has 30 heavy (non-hydrogen) atoms. The molecule has 160 valence electrons. The molecule has 0 saturated carbocycles. The normalized spacial score (nSPS) is 14.1. The average molecular weight is 430 g/mol. The van der Waals surface area contributed by atoms with Crippen LogP contribution in [-0.4, -0.2) is 61.8 Å². The van der Waals surface area contributed by atoms with E-state index in [1.54, 1.807) is 25.6 Å². The molecule has 0 atom stereocenters. The van der Waals surface area contributed by atoms with Crippen LogP contribution in [0.4, 0.5) is 5.13 Å². The van der Waals surface area contributed by atoms with Crippen molar-refractivity contribution in [3.05, 3.63) is 47.8 Å². The third-order valence-corrected chi connectivity index (χ3v) is 6.08. The summed E-state index contributed by atoms with van der Waals surface area (Å²) in [4.78, 5) is 2.23. The largest absolute Gasteiger partial charge is 0.497 e. The minimum atomic E-state index is 0.743. The summed E-state index contributed by atoms with van der Waals surface area (Å²) in [5, 5.41) is 14.1. The van der Waals surface area contributed by atoms with Crippen molar-refractivity contribution in [2.45, 2.75) is 13.0 Å². The molecular formula is C21H27N5O3S. The molecule has 9 heteroatoms. The van der Waals surface area contributed by atoms with Crippen LogP contribution in [0.25, 0.3) is 5.13 Å². The van der Waals surface area contributed by atoms with Crippen LogP contribution in [0.15, 0.2) is 36.5 Å². The van der Waals surface area contributed by atoms with Gasteiger partial charge in [0.1, 0.15) is 11.5 Å². The van der Waals surface area contributed by atoms with Gasteiger partial charge in [0.05, 0.1) is 27.4 Å². The Morgan fingerprint density at radius 2 is 1.93 bits per heavy atom. The van der Waals surface area contributed by atoms with Crippen molar-refractivity contribution in [1.29, 1.82) is 0 Å². The summed E-state index contributed by atoms with van der Waals surface area (Å²) in [6.45, 7) is 4.80. The quantitative estimate of drug-likeness (QED) is 0.524. The molecule has 0 amide bonds. The van der Waals surface area contributed by atoms with Gasteiger partial charge in [0.25, 0.3) is 0 Å². The lowest BCUT2D eigenvalue weighted by Gasteiger charge is -2.25. The number of anilines is 1. The Morgan fingerprint density at radius 3 is 2.73 bits per heavy atom. The van der Waals surface area contributed by atoms with Gasteiger partial charge < -0.3 is 24.4 Å². The average Bonchev–Trinajstić information content (AvgIpc) is 3.47. The molecule has 8 nitrogen and oxygen atoms in total. The molecule has 1 N–H and O–H groups in total. The van der Waals surface area contributed by atoms with E-state index in [0.717, 1.165) is 78.8 Å². The van der Waals surface area contributed by atoms with Crippen LogP contribution in [0.3, 0.4) is 0 Å². The second-order valence-corrected chi connectivity index (χ2v) is 7.88. The number of methoxy groups -OCH3 is 2. The lowest BCUT2D eigenvalue weighted by Crippen LogP contribution is -2.36. The van der Waals surface area contributed by atoms with Gasteiger partial charge in [-0.25, -0.2) is 0 Å². The minimum Gasteiger partial charge on any atom is -0.497 e. The molecule has 4 rings (SSSR count). The molecule has 1 fully saturated rings. The van der Waals surface area contributed by atoms with Gasteiger partial charge in [-0.3, -0.25) is 4.57 Å². The zero-order valence-electron chi connectivity index (χ0n) is 17.3. The van der Waals surface area contributed by atoms with Crippen molar-refractivity contribution in [2.75, 3.05) is 52.0 Å². The number of benzene rings is 1. The molecule has 0 radical (unpaired) electrons. The summed E-state index contributed by atoms with van der Waals surface area (Å²) in [6.07, 6.45) is 2.90. The highest BCUT2D eigenvalue weighted by atomic mass is 32.1. The molecule has 1 aliphatic rings. The fourth-order valence-electron chi connectivity index (χ4n) is 3.43. The van der Waals surface area contributed by atoms with Crippen LogP contribution in [-0.2, 0) is 17.7 Å². The third-order valence-electron chi connectivity index (χ3n) is 5.10. The van der Waals surface area contributed by atoms with Crippen LogP contribution in [0.2, 0.25) is 0 Å². The zero-order valence-corrected chi connectivity index (χ0v) is 18.2. The highest BCUT2D eigenvalue weighted by Crippen LogP contribution is 2.26. The van der Waals surface area contributed by atoms with E-state index in [2.05, 4.69) is 37.1 Å². The fraction of sp³-hybridized carbons (Fsp3) is 0.429. The summed E-state index contributed by atoms with van der Waals surface area (Å²) in [7, 11) is 3.35. The van der Waals surface area contributed by atoms with Gasteiger partial charge in [0.15, 0.2) is 0 Å². The SMILES string of the molecule is COc1ccc(CCNCc2cccn2-c2nnc(N3CCOCC3)s2)c(OC)c1. The number of nitrogens with one attached hydrogen (secondary N) is 1. The topological polar surface area (TPSA) is 73.7 Å². The third kappa shape index (κ3) is 4.75. The maximum atomic E-state index is 5.48. The van der Waals surface area contributed by atoms with E-state index >= 15 is 0 Å². The molecule has 0 spiro atoms. The van der Waals surface area contributed by atoms with Crippen molar-refractivity contribution in [2.24, 2.45) is 0 Å². The van der Waals surface area contributed by atoms with Gasteiger partial charge in [-0.1, -0.05) is 17.4 Å². The number of ether oxygens (including phenoxy) is 3. The van der Waals surface area contributed by atoms with Gasteiger partial charge in [-0.15, -0.1) is 10.2 Å². The Kier molecular flexibility index (Phi) is 6.83. The van der Waals surface area contributed by atoms with Gasteiger partial charge in [-0.05, 0) is 36.7 Å². The summed E-state index contributed by atoms with van der Waals surface area (Å²) in [6, 6.07) is 10.1. The van der Waals surface area contributed by atoms with Crippen LogP contribution in [0, 0.1) is 0 Å². The Balaban J connectivity index is 1.34. The maximum absolute atomic E-state index is 5.48. The smallest absolute Gasteiger partial charge is 0.218 e. The number of nitrogens with zero attached hydrogens (tertiary/aromatic N) is 4. The molecule has 3 aromatic rings. The first-order valence-electron chi connectivity index (χ1n) is 10.0. The van der Waals surface area contributed by atoms with E-state index in [-0.39, 0.29) is 0 Å². The molecule has 1 aliphatic heterocycles. The number of aromatic nitrogens is 3. The minimum absolute atomic E-state index is 0.743.